The summed E-state index contributed by atoms with van der Waals surface area (Å²) in [5.41, 5.74) is 2.48. The molecule has 30 heavy (non-hydrogen) atoms. The molecule has 0 fully saturated rings. The second kappa shape index (κ2) is 8.02. The van der Waals surface area contributed by atoms with E-state index in [1.807, 2.05) is 12.1 Å². The number of rotatable bonds is 5. The van der Waals surface area contributed by atoms with Crippen molar-refractivity contribution in [2.75, 3.05) is 17.7 Å². The molecule has 2 aliphatic rings. The monoisotopic (exact) mass is 447 g/mol. The molecule has 2 N–H and O–H groups in total. The molecule has 2 aromatic rings. The van der Waals surface area contributed by atoms with Gasteiger partial charge in [0, 0.05) is 23.9 Å². The normalized spacial score (nSPS) is 21.1. The number of nitrogens with one attached hydrogen (secondary N) is 1. The number of aliphatic imine (C=N–C) groups is 1. The molecule has 3 heterocycles. The van der Waals surface area contributed by atoms with E-state index in [9.17, 15) is 13.5 Å². The molecule has 4 rings (SSSR count). The number of sulfone groups is 1. The molecular weight excluding hydrogens is 426 g/mol. The number of hydrogen-bond acceptors (Lipinski definition) is 7. The molecule has 3 atom stereocenters. The molecule has 158 valence electrons. The summed E-state index contributed by atoms with van der Waals surface area (Å²) in [7, 11) is -3.34. The zero-order valence-corrected chi connectivity index (χ0v) is 18.1. The first-order valence-electron chi connectivity index (χ1n) is 9.64. The van der Waals surface area contributed by atoms with Gasteiger partial charge in [-0.3, -0.25) is 0 Å². The number of aliphatic hydroxyl groups is 1. The fourth-order valence-electron chi connectivity index (χ4n) is 3.69. The summed E-state index contributed by atoms with van der Waals surface area (Å²) in [6.45, 7) is 3.38. The summed E-state index contributed by atoms with van der Waals surface area (Å²) < 4.78 is 30.5. The topological polar surface area (TPSA) is 101 Å². The van der Waals surface area contributed by atoms with Crippen molar-refractivity contribution in [3.05, 3.63) is 58.9 Å². The maximum absolute atomic E-state index is 12.4. The fourth-order valence-corrected chi connectivity index (χ4v) is 4.78. The van der Waals surface area contributed by atoms with Crippen LogP contribution in [0.3, 0.4) is 0 Å². The summed E-state index contributed by atoms with van der Waals surface area (Å²) in [6.07, 6.45) is 2.62. The number of nitrogens with zero attached hydrogens (tertiary/aromatic N) is 2. The first-order valence-corrected chi connectivity index (χ1v) is 11.7. The molecule has 0 saturated carbocycles. The lowest BCUT2D eigenvalue weighted by Gasteiger charge is -2.28. The number of hydrogen-bond donors (Lipinski definition) is 2. The highest BCUT2D eigenvalue weighted by Crippen LogP contribution is 2.46. The van der Waals surface area contributed by atoms with Crippen LogP contribution in [0, 0.1) is 0 Å². The quantitative estimate of drug-likeness (QED) is 0.729. The third-order valence-corrected chi connectivity index (χ3v) is 7.09. The molecule has 0 aliphatic carbocycles. The molecule has 2 aliphatic heterocycles. The zero-order chi connectivity index (χ0) is 21.5. The Labute approximate surface area is 180 Å². The molecule has 0 spiro atoms. The van der Waals surface area contributed by atoms with Gasteiger partial charge in [0.1, 0.15) is 18.5 Å². The summed E-state index contributed by atoms with van der Waals surface area (Å²) in [6, 6.07) is 8.38. The van der Waals surface area contributed by atoms with Gasteiger partial charge in [0.25, 0.3) is 0 Å². The Kier molecular flexibility index (Phi) is 5.57. The van der Waals surface area contributed by atoms with Crippen LogP contribution in [0.4, 0.5) is 5.82 Å². The van der Waals surface area contributed by atoms with Crippen LogP contribution < -0.4 is 5.32 Å². The number of ether oxygens (including phenoxy) is 1. The van der Waals surface area contributed by atoms with E-state index < -0.39 is 15.9 Å². The molecule has 1 aromatic carbocycles. The number of fused-ring (bicyclic) bond motifs is 3. The molecule has 1 aromatic heterocycles. The van der Waals surface area contributed by atoms with E-state index >= 15 is 0 Å². The number of halogens is 1. The minimum atomic E-state index is -3.34. The van der Waals surface area contributed by atoms with Crippen molar-refractivity contribution in [3.8, 4) is 0 Å². The van der Waals surface area contributed by atoms with Crippen molar-refractivity contribution in [2.24, 2.45) is 4.99 Å². The van der Waals surface area contributed by atoms with Crippen molar-refractivity contribution < 1.29 is 18.3 Å². The van der Waals surface area contributed by atoms with Crippen LogP contribution in [0.5, 0.6) is 0 Å². The van der Waals surface area contributed by atoms with Crippen LogP contribution in [0.1, 0.15) is 30.9 Å². The predicted octanol–water partition coefficient (Wildman–Crippen LogP) is 3.26. The van der Waals surface area contributed by atoms with E-state index in [-0.39, 0.29) is 29.2 Å². The summed E-state index contributed by atoms with van der Waals surface area (Å²) in [5, 5.41) is 13.4. The van der Waals surface area contributed by atoms with Crippen molar-refractivity contribution in [1.29, 1.82) is 0 Å². The third kappa shape index (κ3) is 3.82. The maximum Gasteiger partial charge on any atom is 0.212 e. The van der Waals surface area contributed by atoms with E-state index in [1.165, 1.54) is 0 Å². The first-order chi connectivity index (χ1) is 14.3. The first kappa shape index (κ1) is 20.8. The average Bonchev–Trinajstić information content (AvgIpc) is 3.11. The maximum atomic E-state index is 12.4. The summed E-state index contributed by atoms with van der Waals surface area (Å²) in [4.78, 5) is 9.13. The van der Waals surface area contributed by atoms with E-state index in [2.05, 4.69) is 15.3 Å². The highest BCUT2D eigenvalue weighted by molar-refractivity contribution is 7.91. The third-order valence-electron chi connectivity index (χ3n) is 5.16. The van der Waals surface area contributed by atoms with Gasteiger partial charge < -0.3 is 15.2 Å². The molecular formula is C21H22ClN3O4S. The van der Waals surface area contributed by atoms with Gasteiger partial charge in [0.05, 0.1) is 21.8 Å². The van der Waals surface area contributed by atoms with Crippen molar-refractivity contribution in [1.82, 2.24) is 4.98 Å². The minimum Gasteiger partial charge on any atom is -0.476 e. The van der Waals surface area contributed by atoms with Gasteiger partial charge in [-0.15, -0.1) is 0 Å². The van der Waals surface area contributed by atoms with Gasteiger partial charge in [0.15, 0.2) is 9.84 Å². The van der Waals surface area contributed by atoms with Gasteiger partial charge in [-0.2, -0.15) is 0 Å². The second-order valence-corrected chi connectivity index (χ2v) is 10.0. The van der Waals surface area contributed by atoms with Crippen LogP contribution in [-0.2, 0) is 14.6 Å². The fraction of sp³-hybridized carbons (Fsp3) is 0.333. The van der Waals surface area contributed by atoms with Crippen LogP contribution in [0.2, 0.25) is 5.02 Å². The average molecular weight is 448 g/mol. The molecule has 2 unspecified atom stereocenters. The standard InChI is InChI=1S/C21H22ClN3O4S/c1-3-30(27,28)15-6-4-5-13(7-15)17-10-24-21(29-11-12(2)26)19-18(17)16-8-14(22)9-23-20(16)25-19/h4-10,12,18-19,26H,3,11H2,1-2H3,(H,23,25)/t12-,18?,19?/m1/s1. The Balaban J connectivity index is 1.81. The SMILES string of the molecule is CCS(=O)(=O)c1cccc(C2=CN=C(OC[C@@H](C)O)C3Nc4ncc(Cl)cc4C23)c1. The molecule has 9 heteroatoms. The Morgan fingerprint density at radius 2 is 2.13 bits per heavy atom. The van der Waals surface area contributed by atoms with Crippen LogP contribution in [0.15, 0.2) is 52.6 Å². The molecule has 0 saturated heterocycles. The molecule has 0 radical (unpaired) electrons. The van der Waals surface area contributed by atoms with Gasteiger partial charge in [0.2, 0.25) is 5.90 Å². The highest BCUT2D eigenvalue weighted by Gasteiger charge is 2.42. The highest BCUT2D eigenvalue weighted by atomic mass is 35.5. The lowest BCUT2D eigenvalue weighted by molar-refractivity contribution is 0.114. The van der Waals surface area contributed by atoms with Gasteiger partial charge in [-0.1, -0.05) is 30.7 Å². The Morgan fingerprint density at radius 1 is 1.33 bits per heavy atom. The minimum absolute atomic E-state index is 0.0287. The van der Waals surface area contributed by atoms with Gasteiger partial charge in [-0.05, 0) is 36.3 Å². The predicted molar refractivity (Wildman–Crippen MR) is 117 cm³/mol. The Hall–Kier alpha value is -2.42. The van der Waals surface area contributed by atoms with E-state index in [4.69, 9.17) is 16.3 Å². The Morgan fingerprint density at radius 3 is 2.87 bits per heavy atom. The molecule has 0 bridgehead atoms. The summed E-state index contributed by atoms with van der Waals surface area (Å²) in [5.74, 6) is 0.928. The largest absolute Gasteiger partial charge is 0.476 e. The lowest BCUT2D eigenvalue weighted by Crippen LogP contribution is -2.36. The van der Waals surface area contributed by atoms with Crippen molar-refractivity contribution in [2.45, 2.75) is 36.8 Å². The number of pyridine rings is 1. The smallest absolute Gasteiger partial charge is 0.212 e. The molecule has 7 nitrogen and oxygen atoms in total. The van der Waals surface area contributed by atoms with Gasteiger partial charge in [-0.25, -0.2) is 18.4 Å². The van der Waals surface area contributed by atoms with E-state index in [1.54, 1.807) is 44.4 Å². The molecule has 0 amide bonds. The van der Waals surface area contributed by atoms with Crippen LogP contribution in [0.25, 0.3) is 5.57 Å². The number of benzene rings is 1. The van der Waals surface area contributed by atoms with E-state index in [0.717, 1.165) is 16.7 Å². The number of anilines is 1. The van der Waals surface area contributed by atoms with Crippen molar-refractivity contribution in [3.63, 3.8) is 0 Å². The van der Waals surface area contributed by atoms with Gasteiger partial charge >= 0.3 is 0 Å². The van der Waals surface area contributed by atoms with E-state index in [0.29, 0.717) is 16.7 Å². The number of aliphatic hydroxyl groups excluding tert-OH is 1. The summed E-state index contributed by atoms with van der Waals surface area (Å²) >= 11 is 6.21. The van der Waals surface area contributed by atoms with Crippen LogP contribution in [-0.4, -0.2) is 48.9 Å². The Bertz CT molecular complexity index is 1140. The zero-order valence-electron chi connectivity index (χ0n) is 16.5. The lowest BCUT2D eigenvalue weighted by atomic mass is 9.83. The van der Waals surface area contributed by atoms with Crippen LogP contribution >= 0.6 is 11.6 Å². The van der Waals surface area contributed by atoms with Crippen molar-refractivity contribution >= 4 is 38.7 Å². The second-order valence-electron chi connectivity index (χ2n) is 7.33. The number of aromatic nitrogens is 1.